The number of rotatable bonds is 3. The number of aryl methyl sites for hydroxylation is 1. The number of hydrogen-bond acceptors (Lipinski definition) is 5. The standard InChI is InChI=1S/C11H18N4O/c1-2-9-3-4-11(14-13-9)15-5-6-16-8-10(15)7-12/h3-4,10H,2,5-8,12H2,1H3. The maximum atomic E-state index is 5.72. The maximum absolute atomic E-state index is 5.72. The molecule has 2 heterocycles. The highest BCUT2D eigenvalue weighted by atomic mass is 16.5. The number of anilines is 1. The Hall–Kier alpha value is -1.20. The average molecular weight is 222 g/mol. The summed E-state index contributed by atoms with van der Waals surface area (Å²) >= 11 is 0. The molecular formula is C11H18N4O. The number of hydrogen-bond donors (Lipinski definition) is 1. The molecule has 2 rings (SSSR count). The predicted octanol–water partition coefficient (Wildman–Crippen LogP) is 0.203. The molecule has 16 heavy (non-hydrogen) atoms. The van der Waals surface area contributed by atoms with E-state index >= 15 is 0 Å². The zero-order chi connectivity index (χ0) is 11.4. The van der Waals surface area contributed by atoms with E-state index in [0.29, 0.717) is 13.2 Å². The fraction of sp³-hybridized carbons (Fsp3) is 0.636. The van der Waals surface area contributed by atoms with Gasteiger partial charge in [0.1, 0.15) is 0 Å². The van der Waals surface area contributed by atoms with E-state index in [0.717, 1.165) is 31.1 Å². The van der Waals surface area contributed by atoms with Crippen LogP contribution in [0.3, 0.4) is 0 Å². The van der Waals surface area contributed by atoms with Gasteiger partial charge in [-0.15, -0.1) is 5.10 Å². The number of nitrogens with zero attached hydrogens (tertiary/aromatic N) is 3. The van der Waals surface area contributed by atoms with Gasteiger partial charge in [0, 0.05) is 13.1 Å². The fourth-order valence-corrected chi connectivity index (χ4v) is 1.85. The van der Waals surface area contributed by atoms with Crippen molar-refractivity contribution in [2.45, 2.75) is 19.4 Å². The minimum Gasteiger partial charge on any atom is -0.377 e. The van der Waals surface area contributed by atoms with Gasteiger partial charge in [0.2, 0.25) is 0 Å². The molecule has 5 heteroatoms. The highest BCUT2D eigenvalue weighted by Crippen LogP contribution is 2.15. The van der Waals surface area contributed by atoms with E-state index < -0.39 is 0 Å². The van der Waals surface area contributed by atoms with Gasteiger partial charge >= 0.3 is 0 Å². The summed E-state index contributed by atoms with van der Waals surface area (Å²) in [5.41, 5.74) is 6.73. The smallest absolute Gasteiger partial charge is 0.151 e. The fourth-order valence-electron chi connectivity index (χ4n) is 1.85. The summed E-state index contributed by atoms with van der Waals surface area (Å²) in [4.78, 5) is 2.18. The van der Waals surface area contributed by atoms with Crippen LogP contribution < -0.4 is 10.6 Å². The Morgan fingerprint density at radius 2 is 2.38 bits per heavy atom. The summed E-state index contributed by atoms with van der Waals surface area (Å²) in [5.74, 6) is 0.899. The largest absolute Gasteiger partial charge is 0.377 e. The number of nitrogens with two attached hydrogens (primary N) is 1. The summed E-state index contributed by atoms with van der Waals surface area (Å²) in [6.45, 7) is 4.89. The van der Waals surface area contributed by atoms with Crippen molar-refractivity contribution < 1.29 is 4.74 Å². The molecule has 88 valence electrons. The van der Waals surface area contributed by atoms with Crippen LogP contribution in [0.15, 0.2) is 12.1 Å². The second-order valence-electron chi connectivity index (χ2n) is 3.89. The Balaban J connectivity index is 2.14. The van der Waals surface area contributed by atoms with Gasteiger partial charge < -0.3 is 15.4 Å². The van der Waals surface area contributed by atoms with Crippen molar-refractivity contribution in [2.75, 3.05) is 31.2 Å². The van der Waals surface area contributed by atoms with E-state index in [-0.39, 0.29) is 6.04 Å². The highest BCUT2D eigenvalue weighted by Gasteiger charge is 2.22. The Morgan fingerprint density at radius 1 is 1.50 bits per heavy atom. The number of morpholine rings is 1. The molecule has 0 bridgehead atoms. The molecule has 1 unspecified atom stereocenters. The summed E-state index contributed by atoms with van der Waals surface area (Å²) in [6.07, 6.45) is 0.913. The maximum Gasteiger partial charge on any atom is 0.151 e. The first kappa shape index (κ1) is 11.3. The van der Waals surface area contributed by atoms with Crippen LogP contribution in [0.5, 0.6) is 0 Å². The molecule has 2 N–H and O–H groups in total. The van der Waals surface area contributed by atoms with E-state index in [9.17, 15) is 0 Å². The monoisotopic (exact) mass is 222 g/mol. The van der Waals surface area contributed by atoms with Crippen molar-refractivity contribution in [3.05, 3.63) is 17.8 Å². The molecule has 1 aliphatic heterocycles. The molecule has 0 amide bonds. The minimum atomic E-state index is 0.218. The molecule has 1 aromatic rings. The van der Waals surface area contributed by atoms with Gasteiger partial charge in [-0.05, 0) is 18.6 Å². The first-order valence-corrected chi connectivity index (χ1v) is 5.72. The zero-order valence-electron chi connectivity index (χ0n) is 9.59. The first-order chi connectivity index (χ1) is 7.85. The number of ether oxygens (including phenoxy) is 1. The van der Waals surface area contributed by atoms with Gasteiger partial charge in [-0.3, -0.25) is 0 Å². The third-order valence-corrected chi connectivity index (χ3v) is 2.86. The van der Waals surface area contributed by atoms with Crippen LogP contribution in [0, 0.1) is 0 Å². The first-order valence-electron chi connectivity index (χ1n) is 5.72. The molecule has 5 nitrogen and oxygen atoms in total. The lowest BCUT2D eigenvalue weighted by Gasteiger charge is -2.35. The van der Waals surface area contributed by atoms with E-state index in [4.69, 9.17) is 10.5 Å². The number of aromatic nitrogens is 2. The Bertz CT molecular complexity index is 327. The molecule has 1 saturated heterocycles. The lowest BCUT2D eigenvalue weighted by molar-refractivity contribution is 0.0957. The lowest BCUT2D eigenvalue weighted by Crippen LogP contribution is -2.49. The Morgan fingerprint density at radius 3 is 3.00 bits per heavy atom. The van der Waals surface area contributed by atoms with Crippen LogP contribution in [0.25, 0.3) is 0 Å². The quantitative estimate of drug-likeness (QED) is 0.791. The Kier molecular flexibility index (Phi) is 3.69. The molecule has 0 saturated carbocycles. The van der Waals surface area contributed by atoms with Crippen LogP contribution in [0.1, 0.15) is 12.6 Å². The van der Waals surface area contributed by atoms with Gasteiger partial charge in [-0.2, -0.15) is 5.10 Å². The van der Waals surface area contributed by atoms with Crippen LogP contribution >= 0.6 is 0 Å². The summed E-state index contributed by atoms with van der Waals surface area (Å²) in [6, 6.07) is 4.25. The van der Waals surface area contributed by atoms with Gasteiger partial charge in [0.25, 0.3) is 0 Å². The average Bonchev–Trinajstić information content (AvgIpc) is 2.39. The van der Waals surface area contributed by atoms with Crippen molar-refractivity contribution in [2.24, 2.45) is 5.73 Å². The minimum absolute atomic E-state index is 0.218. The molecule has 1 aliphatic rings. The molecule has 0 aromatic carbocycles. The topological polar surface area (TPSA) is 64.3 Å². The van der Waals surface area contributed by atoms with Gasteiger partial charge in [0.05, 0.1) is 24.9 Å². The van der Waals surface area contributed by atoms with Crippen molar-refractivity contribution in [1.29, 1.82) is 0 Å². The Labute approximate surface area is 95.6 Å². The second-order valence-corrected chi connectivity index (χ2v) is 3.89. The van der Waals surface area contributed by atoms with Gasteiger partial charge in [0.15, 0.2) is 5.82 Å². The van der Waals surface area contributed by atoms with E-state index in [2.05, 4.69) is 22.0 Å². The van der Waals surface area contributed by atoms with E-state index in [1.54, 1.807) is 0 Å². The molecule has 0 spiro atoms. The van der Waals surface area contributed by atoms with Crippen LogP contribution in [0.2, 0.25) is 0 Å². The molecule has 0 aliphatic carbocycles. The van der Waals surface area contributed by atoms with Gasteiger partial charge in [-0.25, -0.2) is 0 Å². The molecule has 1 fully saturated rings. The van der Waals surface area contributed by atoms with Crippen molar-refractivity contribution >= 4 is 5.82 Å². The molecule has 1 atom stereocenters. The normalized spacial score (nSPS) is 21.1. The summed E-state index contributed by atoms with van der Waals surface area (Å²) in [7, 11) is 0. The predicted molar refractivity (Wildman–Crippen MR) is 62.4 cm³/mol. The van der Waals surface area contributed by atoms with Gasteiger partial charge in [-0.1, -0.05) is 6.92 Å². The van der Waals surface area contributed by atoms with Crippen molar-refractivity contribution in [3.63, 3.8) is 0 Å². The third kappa shape index (κ3) is 2.31. The van der Waals surface area contributed by atoms with Crippen LogP contribution in [0.4, 0.5) is 5.82 Å². The van der Waals surface area contributed by atoms with Crippen LogP contribution in [-0.2, 0) is 11.2 Å². The summed E-state index contributed by atoms with van der Waals surface area (Å²) in [5, 5.41) is 8.40. The molecule has 0 radical (unpaired) electrons. The van der Waals surface area contributed by atoms with E-state index in [1.165, 1.54) is 0 Å². The lowest BCUT2D eigenvalue weighted by atomic mass is 10.2. The van der Waals surface area contributed by atoms with E-state index in [1.807, 2.05) is 12.1 Å². The van der Waals surface area contributed by atoms with Crippen molar-refractivity contribution in [1.82, 2.24) is 10.2 Å². The molecule has 1 aromatic heterocycles. The summed E-state index contributed by atoms with van der Waals surface area (Å²) < 4.78 is 5.40. The van der Waals surface area contributed by atoms with Crippen molar-refractivity contribution in [3.8, 4) is 0 Å². The SMILES string of the molecule is CCc1ccc(N2CCOCC2CN)nn1. The third-order valence-electron chi connectivity index (χ3n) is 2.86. The highest BCUT2D eigenvalue weighted by molar-refractivity contribution is 5.39. The van der Waals surface area contributed by atoms with Crippen LogP contribution in [-0.4, -0.2) is 42.5 Å². The zero-order valence-corrected chi connectivity index (χ0v) is 9.59. The second kappa shape index (κ2) is 5.23. The molecular weight excluding hydrogens is 204 g/mol.